The third-order valence-electron chi connectivity index (χ3n) is 1.07. The van der Waals surface area contributed by atoms with Gasteiger partial charge in [0, 0.05) is 0 Å². The summed E-state index contributed by atoms with van der Waals surface area (Å²) < 4.78 is 0. The maximum atomic E-state index is 5.60. The summed E-state index contributed by atoms with van der Waals surface area (Å²) in [6.07, 6.45) is 0. The summed E-state index contributed by atoms with van der Waals surface area (Å²) >= 11 is 5.60. The molecule has 1 aromatic rings. The highest BCUT2D eigenvalue weighted by Crippen LogP contribution is 2.11. The van der Waals surface area contributed by atoms with Crippen molar-refractivity contribution in [2.75, 3.05) is 5.43 Å². The number of hydrazine groups is 2. The van der Waals surface area contributed by atoms with Crippen LogP contribution in [0, 0.1) is 6.92 Å². The predicted octanol–water partition coefficient (Wildman–Crippen LogP) is -1.28. The Bertz CT molecular complexity index is 244. The van der Waals surface area contributed by atoms with Crippen LogP contribution in [0.3, 0.4) is 0 Å². The second kappa shape index (κ2) is 7.65. The lowest BCUT2D eigenvalue weighted by molar-refractivity contribution is 0.824. The van der Waals surface area contributed by atoms with Gasteiger partial charge < -0.3 is 10.9 Å². The number of nitrogens with two attached hydrogens (primary N) is 3. The summed E-state index contributed by atoms with van der Waals surface area (Å²) in [6.45, 7) is 1.83. The number of aryl methyl sites for hydroxylation is 1. The molecule has 0 bridgehead atoms. The molecule has 13 heavy (non-hydrogen) atoms. The largest absolute Gasteiger partial charge is 0.412 e. The Kier molecular flexibility index (Phi) is 8.55. The van der Waals surface area contributed by atoms with Crippen LogP contribution in [0.15, 0.2) is 6.07 Å². The number of nitrogens with one attached hydrogen (secondary N) is 1. The molecule has 0 aliphatic carbocycles. The highest BCUT2D eigenvalue weighted by atomic mass is 35.5. The number of nitrogen functional groups attached to an aromatic ring is 1. The van der Waals surface area contributed by atoms with Crippen LogP contribution < -0.4 is 23.0 Å². The van der Waals surface area contributed by atoms with Crippen LogP contribution in [0.5, 0.6) is 0 Å². The average Bonchev–Trinajstić information content (AvgIpc) is 2.13. The van der Waals surface area contributed by atoms with E-state index < -0.39 is 0 Å². The molecule has 9 N–H and O–H groups in total. The molecule has 7 nitrogen and oxygen atoms in total. The first-order valence-electron chi connectivity index (χ1n) is 3.04. The molecule has 0 aromatic carbocycles. The summed E-state index contributed by atoms with van der Waals surface area (Å²) in [5, 5.41) is 7.66. The van der Waals surface area contributed by atoms with E-state index in [4.69, 9.17) is 17.4 Å². The molecule has 0 radical (unpaired) electrons. The molecule has 0 amide bonds. The standard InChI is InChI=1S/C5H7ClN4.H4N2.H2O/c1-3-2-4(8-7)9-10-5(3)6;1-2;/h2H,7H2,1H3,(H,8,9);1-2H2;1H2. The fraction of sp³-hybridized carbons (Fsp3) is 0.200. The number of anilines is 1. The second-order valence-corrected chi connectivity index (χ2v) is 2.21. The number of hydrogen-bond donors (Lipinski definition) is 4. The smallest absolute Gasteiger partial charge is 0.162 e. The lowest BCUT2D eigenvalue weighted by atomic mass is 10.3. The Balaban J connectivity index is 0. The maximum absolute atomic E-state index is 5.60. The molecule has 1 aromatic heterocycles. The van der Waals surface area contributed by atoms with Crippen molar-refractivity contribution >= 4 is 17.4 Å². The summed E-state index contributed by atoms with van der Waals surface area (Å²) in [6, 6.07) is 1.72. The third kappa shape index (κ3) is 4.55. The molecule has 0 aliphatic heterocycles. The normalized spacial score (nSPS) is 7.77. The van der Waals surface area contributed by atoms with Gasteiger partial charge in [-0.25, -0.2) is 5.84 Å². The van der Waals surface area contributed by atoms with Crippen molar-refractivity contribution in [2.45, 2.75) is 6.92 Å². The fourth-order valence-corrected chi connectivity index (χ4v) is 0.633. The molecule has 0 atom stereocenters. The molecular formula is C5H13ClN6O. The summed E-state index contributed by atoms with van der Waals surface area (Å²) in [4.78, 5) is 0. The van der Waals surface area contributed by atoms with Crippen molar-refractivity contribution in [3.8, 4) is 0 Å². The zero-order valence-electron chi connectivity index (χ0n) is 7.08. The quantitative estimate of drug-likeness (QED) is 0.334. The molecule has 0 aliphatic rings. The summed E-state index contributed by atoms with van der Waals surface area (Å²) in [5.41, 5.74) is 3.21. The molecule has 76 valence electrons. The molecule has 0 fully saturated rings. The molecule has 0 unspecified atom stereocenters. The van der Waals surface area contributed by atoms with Crippen molar-refractivity contribution in [1.82, 2.24) is 10.2 Å². The Morgan fingerprint density at radius 1 is 1.38 bits per heavy atom. The number of halogens is 1. The van der Waals surface area contributed by atoms with Crippen molar-refractivity contribution in [1.29, 1.82) is 0 Å². The number of aromatic nitrogens is 2. The van der Waals surface area contributed by atoms with Gasteiger partial charge >= 0.3 is 0 Å². The van der Waals surface area contributed by atoms with Gasteiger partial charge in [0.05, 0.1) is 0 Å². The fourth-order valence-electron chi connectivity index (χ4n) is 0.541. The second-order valence-electron chi connectivity index (χ2n) is 1.85. The minimum absolute atomic E-state index is 0. The van der Waals surface area contributed by atoms with E-state index in [1.807, 2.05) is 6.92 Å². The average molecular weight is 209 g/mol. The Morgan fingerprint density at radius 3 is 2.31 bits per heavy atom. The summed E-state index contributed by atoms with van der Waals surface area (Å²) in [7, 11) is 0. The van der Waals surface area contributed by atoms with Gasteiger partial charge in [0.25, 0.3) is 0 Å². The van der Waals surface area contributed by atoms with Crippen LogP contribution in [0.25, 0.3) is 0 Å². The zero-order valence-corrected chi connectivity index (χ0v) is 7.84. The monoisotopic (exact) mass is 208 g/mol. The van der Waals surface area contributed by atoms with Crippen molar-refractivity contribution in [3.63, 3.8) is 0 Å². The lowest BCUT2D eigenvalue weighted by Crippen LogP contribution is -2.09. The predicted molar refractivity (Wildman–Crippen MR) is 51.6 cm³/mol. The third-order valence-corrected chi connectivity index (χ3v) is 1.45. The number of rotatable bonds is 1. The van der Waals surface area contributed by atoms with Gasteiger partial charge in [0.15, 0.2) is 11.0 Å². The van der Waals surface area contributed by atoms with E-state index in [0.717, 1.165) is 5.56 Å². The SMILES string of the molecule is Cc1cc(NN)nnc1Cl.NN.O. The van der Waals surface area contributed by atoms with E-state index in [1.165, 1.54) is 0 Å². The van der Waals surface area contributed by atoms with Crippen LogP contribution in [0.4, 0.5) is 5.82 Å². The first-order chi connectivity index (χ1) is 5.74. The zero-order chi connectivity index (χ0) is 9.56. The van der Waals surface area contributed by atoms with Gasteiger partial charge in [-0.1, -0.05) is 11.6 Å². The Hall–Kier alpha value is -0.990. The topological polar surface area (TPSA) is 147 Å². The first kappa shape index (κ1) is 14.5. The van der Waals surface area contributed by atoms with Gasteiger partial charge in [0.2, 0.25) is 0 Å². The highest BCUT2D eigenvalue weighted by molar-refractivity contribution is 6.30. The van der Waals surface area contributed by atoms with E-state index in [0.29, 0.717) is 11.0 Å². The maximum Gasteiger partial charge on any atom is 0.162 e. The minimum Gasteiger partial charge on any atom is -0.412 e. The Labute approximate surface area is 80.5 Å². The molecule has 1 heterocycles. The highest BCUT2D eigenvalue weighted by Gasteiger charge is 1.97. The van der Waals surface area contributed by atoms with Gasteiger partial charge in [-0.15, -0.1) is 10.2 Å². The van der Waals surface area contributed by atoms with Crippen molar-refractivity contribution in [2.24, 2.45) is 17.5 Å². The van der Waals surface area contributed by atoms with Crippen LogP contribution in [0.1, 0.15) is 5.56 Å². The number of nitrogens with zero attached hydrogens (tertiary/aromatic N) is 2. The molecule has 0 saturated carbocycles. The van der Waals surface area contributed by atoms with Crippen molar-refractivity contribution in [3.05, 3.63) is 16.8 Å². The lowest BCUT2D eigenvalue weighted by Gasteiger charge is -1.98. The van der Waals surface area contributed by atoms with Crippen LogP contribution in [-0.4, -0.2) is 15.7 Å². The van der Waals surface area contributed by atoms with Crippen molar-refractivity contribution < 1.29 is 5.48 Å². The molecule has 0 saturated heterocycles. The van der Waals surface area contributed by atoms with E-state index >= 15 is 0 Å². The minimum atomic E-state index is 0. The first-order valence-corrected chi connectivity index (χ1v) is 3.41. The van der Waals surface area contributed by atoms with Crippen LogP contribution in [0.2, 0.25) is 5.15 Å². The van der Waals surface area contributed by atoms with E-state index in [1.54, 1.807) is 6.07 Å². The molecule has 0 spiro atoms. The van der Waals surface area contributed by atoms with E-state index in [-0.39, 0.29) is 5.48 Å². The Morgan fingerprint density at radius 2 is 1.92 bits per heavy atom. The van der Waals surface area contributed by atoms with Gasteiger partial charge in [0.1, 0.15) is 0 Å². The van der Waals surface area contributed by atoms with Crippen LogP contribution in [-0.2, 0) is 0 Å². The van der Waals surface area contributed by atoms with Gasteiger partial charge in [-0.05, 0) is 18.6 Å². The molecule has 1 rings (SSSR count). The molecule has 8 heteroatoms. The van der Waals surface area contributed by atoms with Gasteiger partial charge in [-0.3, -0.25) is 11.7 Å². The van der Waals surface area contributed by atoms with E-state index in [2.05, 4.69) is 27.3 Å². The van der Waals surface area contributed by atoms with E-state index in [9.17, 15) is 0 Å². The summed E-state index contributed by atoms with van der Waals surface area (Å²) in [5.74, 6) is 13.6. The van der Waals surface area contributed by atoms with Crippen LogP contribution >= 0.6 is 11.6 Å². The molecular weight excluding hydrogens is 196 g/mol. The van der Waals surface area contributed by atoms with Gasteiger partial charge in [-0.2, -0.15) is 0 Å². The number of hydrogen-bond acceptors (Lipinski definition) is 6.